The van der Waals surface area contributed by atoms with Crippen molar-refractivity contribution in [2.75, 3.05) is 5.32 Å². The van der Waals surface area contributed by atoms with Gasteiger partial charge in [-0.05, 0) is 68.0 Å². The van der Waals surface area contributed by atoms with Crippen LogP contribution in [-0.2, 0) is 6.54 Å². The van der Waals surface area contributed by atoms with E-state index in [0.717, 1.165) is 35.2 Å². The number of benzene rings is 2. The molecule has 2 heterocycles. The molecule has 4 aromatic rings. The second kappa shape index (κ2) is 9.30. The van der Waals surface area contributed by atoms with E-state index in [0.29, 0.717) is 29.3 Å². The number of aromatic nitrogens is 3. The van der Waals surface area contributed by atoms with Crippen LogP contribution in [0, 0.1) is 18.7 Å². The molecule has 0 saturated heterocycles. The Morgan fingerprint density at radius 3 is 2.69 bits per heavy atom. The summed E-state index contributed by atoms with van der Waals surface area (Å²) in [4.78, 5) is 20.6. The molecule has 1 aliphatic carbocycles. The van der Waals surface area contributed by atoms with Crippen LogP contribution in [0.5, 0.6) is 0 Å². The zero-order valence-corrected chi connectivity index (χ0v) is 20.3. The van der Waals surface area contributed by atoms with E-state index >= 15 is 0 Å². The van der Waals surface area contributed by atoms with Gasteiger partial charge in [0, 0.05) is 12.6 Å². The first-order valence-electron chi connectivity index (χ1n) is 11.7. The lowest BCUT2D eigenvalue weighted by Crippen LogP contribution is -2.31. The topological polar surface area (TPSA) is 80.0 Å². The molecule has 0 bridgehead atoms. The van der Waals surface area contributed by atoms with E-state index < -0.39 is 11.8 Å². The van der Waals surface area contributed by atoms with Gasteiger partial charge in [-0.3, -0.25) is 0 Å². The number of hydrogen-bond acceptors (Lipinski definition) is 4. The molecule has 2 N–H and O–H groups in total. The van der Waals surface area contributed by atoms with Gasteiger partial charge in [0.05, 0.1) is 16.2 Å². The molecule has 0 spiro atoms. The van der Waals surface area contributed by atoms with E-state index in [1.165, 1.54) is 12.5 Å². The first-order chi connectivity index (χ1) is 16.8. The average molecular weight is 493 g/mol. The summed E-state index contributed by atoms with van der Waals surface area (Å²) in [6, 6.07) is 14.8. The van der Waals surface area contributed by atoms with Crippen molar-refractivity contribution in [3.8, 4) is 11.3 Å². The SMILES string of the molecule is Cc1cccc(-c2cc3nc(C(=O)O)nc(NC(C)C4CCC4)c3n2Cc2ccc(Cl)c(F)c2)c1. The number of carboxylic acid groups (broad SMARTS) is 1. The van der Waals surface area contributed by atoms with Crippen LogP contribution in [0.1, 0.15) is 47.9 Å². The van der Waals surface area contributed by atoms with Gasteiger partial charge in [-0.25, -0.2) is 19.2 Å². The van der Waals surface area contributed by atoms with Gasteiger partial charge in [-0.1, -0.05) is 47.9 Å². The van der Waals surface area contributed by atoms with Gasteiger partial charge in [0.2, 0.25) is 5.82 Å². The number of hydrogen-bond donors (Lipinski definition) is 2. The molecule has 1 aliphatic rings. The van der Waals surface area contributed by atoms with Crippen LogP contribution in [0.4, 0.5) is 10.2 Å². The van der Waals surface area contributed by atoms with E-state index in [1.807, 2.05) is 35.8 Å². The summed E-state index contributed by atoms with van der Waals surface area (Å²) in [7, 11) is 0. The highest BCUT2D eigenvalue weighted by molar-refractivity contribution is 6.30. The predicted octanol–water partition coefficient (Wildman–Crippen LogP) is 6.55. The predicted molar refractivity (Wildman–Crippen MR) is 136 cm³/mol. The van der Waals surface area contributed by atoms with Gasteiger partial charge >= 0.3 is 5.97 Å². The minimum absolute atomic E-state index is 0.0659. The van der Waals surface area contributed by atoms with Crippen LogP contribution in [0.3, 0.4) is 0 Å². The molecule has 35 heavy (non-hydrogen) atoms. The lowest BCUT2D eigenvalue weighted by atomic mass is 9.80. The molecule has 1 fully saturated rings. The molecule has 180 valence electrons. The van der Waals surface area contributed by atoms with Crippen molar-refractivity contribution in [3.63, 3.8) is 0 Å². The number of nitrogens with zero attached hydrogens (tertiary/aromatic N) is 3. The van der Waals surface area contributed by atoms with Gasteiger partial charge in [0.15, 0.2) is 5.82 Å². The highest BCUT2D eigenvalue weighted by atomic mass is 35.5. The third kappa shape index (κ3) is 4.60. The lowest BCUT2D eigenvalue weighted by Gasteiger charge is -2.32. The standard InChI is InChI=1S/C27H26ClFN4O2/c1-15-5-3-8-19(11-15)23-13-22-24(33(23)14-17-9-10-20(28)21(29)12-17)25(32-26(31-22)27(34)35)30-16(2)18-6-4-7-18/h3,5,8-13,16,18H,4,6-7,14H2,1-2H3,(H,34,35)(H,30,31,32). The van der Waals surface area contributed by atoms with Crippen LogP contribution >= 0.6 is 11.6 Å². The minimum Gasteiger partial charge on any atom is -0.475 e. The average Bonchev–Trinajstić information content (AvgIpc) is 3.13. The molecule has 2 aromatic carbocycles. The number of anilines is 1. The van der Waals surface area contributed by atoms with Crippen LogP contribution in [0.25, 0.3) is 22.3 Å². The fraction of sp³-hybridized carbons (Fsp3) is 0.296. The van der Waals surface area contributed by atoms with Crippen molar-refractivity contribution in [3.05, 3.63) is 76.3 Å². The van der Waals surface area contributed by atoms with Crippen molar-refractivity contribution < 1.29 is 14.3 Å². The monoisotopic (exact) mass is 492 g/mol. The molecule has 0 aliphatic heterocycles. The van der Waals surface area contributed by atoms with Gasteiger partial charge in [0.25, 0.3) is 0 Å². The molecule has 1 saturated carbocycles. The lowest BCUT2D eigenvalue weighted by molar-refractivity contribution is 0.0684. The van der Waals surface area contributed by atoms with Crippen molar-refractivity contribution in [1.82, 2.24) is 14.5 Å². The minimum atomic E-state index is -1.18. The molecule has 0 radical (unpaired) electrons. The van der Waals surface area contributed by atoms with Gasteiger partial charge in [0.1, 0.15) is 11.3 Å². The van der Waals surface area contributed by atoms with E-state index in [4.69, 9.17) is 11.6 Å². The van der Waals surface area contributed by atoms with E-state index in [-0.39, 0.29) is 16.9 Å². The summed E-state index contributed by atoms with van der Waals surface area (Å²) in [5.74, 6) is -0.945. The Morgan fingerprint density at radius 2 is 2.03 bits per heavy atom. The van der Waals surface area contributed by atoms with Crippen LogP contribution in [0.2, 0.25) is 5.02 Å². The number of aromatic carboxylic acids is 1. The second-order valence-corrected chi connectivity index (χ2v) is 9.70. The van der Waals surface area contributed by atoms with E-state index in [1.54, 1.807) is 12.1 Å². The maximum Gasteiger partial charge on any atom is 0.374 e. The summed E-state index contributed by atoms with van der Waals surface area (Å²) in [6.45, 7) is 4.45. The first-order valence-corrected chi connectivity index (χ1v) is 12.1. The largest absolute Gasteiger partial charge is 0.475 e. The maximum atomic E-state index is 14.3. The highest BCUT2D eigenvalue weighted by Crippen LogP contribution is 2.35. The van der Waals surface area contributed by atoms with Crippen molar-refractivity contribution >= 4 is 34.4 Å². The highest BCUT2D eigenvalue weighted by Gasteiger charge is 2.27. The smallest absolute Gasteiger partial charge is 0.374 e. The third-order valence-electron chi connectivity index (χ3n) is 6.80. The molecule has 1 atom stereocenters. The van der Waals surface area contributed by atoms with Crippen LogP contribution in [-0.4, -0.2) is 31.7 Å². The fourth-order valence-electron chi connectivity index (χ4n) is 4.66. The molecule has 8 heteroatoms. The van der Waals surface area contributed by atoms with Crippen LogP contribution in [0.15, 0.2) is 48.5 Å². The van der Waals surface area contributed by atoms with E-state index in [9.17, 15) is 14.3 Å². The number of halogens is 2. The Bertz CT molecular complexity index is 1430. The Kier molecular flexibility index (Phi) is 6.19. The molecule has 2 aromatic heterocycles. The molecule has 1 unspecified atom stereocenters. The zero-order valence-electron chi connectivity index (χ0n) is 19.6. The number of aryl methyl sites for hydroxylation is 1. The summed E-state index contributed by atoms with van der Waals surface area (Å²) >= 11 is 5.91. The quantitative estimate of drug-likeness (QED) is 0.306. The van der Waals surface area contributed by atoms with Crippen molar-refractivity contribution in [2.45, 2.75) is 45.7 Å². The summed E-state index contributed by atoms with van der Waals surface area (Å²) < 4.78 is 16.3. The Morgan fingerprint density at radius 1 is 1.23 bits per heavy atom. The summed E-state index contributed by atoms with van der Waals surface area (Å²) in [5, 5.41) is 13.2. The zero-order chi connectivity index (χ0) is 24.7. The number of rotatable bonds is 7. The van der Waals surface area contributed by atoms with Crippen LogP contribution < -0.4 is 5.32 Å². The summed E-state index contributed by atoms with van der Waals surface area (Å²) in [6.07, 6.45) is 3.47. The van der Waals surface area contributed by atoms with Gasteiger partial charge < -0.3 is 15.0 Å². The summed E-state index contributed by atoms with van der Waals surface area (Å²) in [5.41, 5.74) is 4.81. The van der Waals surface area contributed by atoms with Gasteiger partial charge in [-0.15, -0.1) is 0 Å². The van der Waals surface area contributed by atoms with E-state index in [2.05, 4.69) is 28.3 Å². The number of carbonyl (C=O) groups is 1. The molecular formula is C27H26ClFN4O2. The Hall–Kier alpha value is -3.45. The van der Waals surface area contributed by atoms with Crippen molar-refractivity contribution in [2.24, 2.45) is 5.92 Å². The molecule has 6 nitrogen and oxygen atoms in total. The third-order valence-corrected chi connectivity index (χ3v) is 7.10. The second-order valence-electron chi connectivity index (χ2n) is 9.29. The Balaban J connectivity index is 1.72. The Labute approximate surface area is 207 Å². The first kappa shape index (κ1) is 23.3. The van der Waals surface area contributed by atoms with Gasteiger partial charge in [-0.2, -0.15) is 0 Å². The number of fused-ring (bicyclic) bond motifs is 1. The normalized spacial score (nSPS) is 14.6. The molecule has 5 rings (SSSR count). The number of nitrogens with one attached hydrogen (secondary N) is 1. The van der Waals surface area contributed by atoms with Crippen molar-refractivity contribution in [1.29, 1.82) is 0 Å². The fourth-order valence-corrected chi connectivity index (χ4v) is 4.78. The molecular weight excluding hydrogens is 467 g/mol. The molecule has 0 amide bonds. The maximum absolute atomic E-state index is 14.3. The number of carboxylic acids is 1.